The number of rotatable bonds is 7. The van der Waals surface area contributed by atoms with E-state index in [1.165, 1.54) is 34.6 Å². The summed E-state index contributed by atoms with van der Waals surface area (Å²) >= 11 is 1.36. The molecule has 1 aliphatic carbocycles. The molecule has 0 saturated heterocycles. The number of thioether (sulfide) groups is 1. The lowest BCUT2D eigenvalue weighted by Gasteiger charge is -2.30. The van der Waals surface area contributed by atoms with E-state index < -0.39 is 10.0 Å². The number of amides is 1. The van der Waals surface area contributed by atoms with Gasteiger partial charge in [-0.25, -0.2) is 8.42 Å². The van der Waals surface area contributed by atoms with Crippen LogP contribution < -0.4 is 5.32 Å². The Hall–Kier alpha value is -2.03. The number of sulfonamides is 1. The Bertz CT molecular complexity index is 922. The molecule has 0 aliphatic heterocycles. The maximum Gasteiger partial charge on any atom is 0.243 e. The maximum atomic E-state index is 12.9. The van der Waals surface area contributed by atoms with Gasteiger partial charge in [-0.1, -0.05) is 19.3 Å². The van der Waals surface area contributed by atoms with Crippen LogP contribution in [0.2, 0.25) is 0 Å². The van der Waals surface area contributed by atoms with E-state index in [-0.39, 0.29) is 28.3 Å². The lowest BCUT2D eigenvalue weighted by molar-refractivity contribution is -0.113. The van der Waals surface area contributed by atoms with Gasteiger partial charge in [0.1, 0.15) is 5.75 Å². The number of nitrogens with one attached hydrogen (secondary N) is 1. The zero-order chi connectivity index (χ0) is 20.9. The second-order valence-corrected chi connectivity index (χ2v) is 10.2. The van der Waals surface area contributed by atoms with Gasteiger partial charge in [0.2, 0.25) is 15.9 Å². The summed E-state index contributed by atoms with van der Waals surface area (Å²) in [5.74, 6) is 0.218. The maximum absolute atomic E-state index is 12.9. The highest BCUT2D eigenvalue weighted by atomic mass is 32.2. The third kappa shape index (κ3) is 5.74. The first kappa shape index (κ1) is 21.7. The van der Waals surface area contributed by atoms with Crippen LogP contribution in [0.3, 0.4) is 0 Å². The molecule has 6 nitrogen and oxygen atoms in total. The van der Waals surface area contributed by atoms with E-state index in [2.05, 4.69) is 5.32 Å². The second-order valence-electron chi connectivity index (χ2n) is 7.17. The summed E-state index contributed by atoms with van der Waals surface area (Å²) in [6, 6.07) is 13.0. The SMILES string of the molecule is CN(C1CCCCC1)S(=O)(=O)c1ccc(NC(=O)CSc2ccc(O)cc2)cc1. The third-order valence-corrected chi connectivity index (χ3v) is 8.05. The zero-order valence-corrected chi connectivity index (χ0v) is 18.0. The molecule has 0 bridgehead atoms. The number of carbonyl (C=O) groups excluding carboxylic acids is 1. The van der Waals surface area contributed by atoms with Gasteiger partial charge in [0.05, 0.1) is 10.6 Å². The molecule has 0 aromatic heterocycles. The van der Waals surface area contributed by atoms with E-state index in [1.54, 1.807) is 43.4 Å². The smallest absolute Gasteiger partial charge is 0.243 e. The average Bonchev–Trinajstić information content (AvgIpc) is 2.74. The van der Waals surface area contributed by atoms with E-state index in [4.69, 9.17) is 0 Å². The van der Waals surface area contributed by atoms with Crippen molar-refractivity contribution >= 4 is 33.4 Å². The Balaban J connectivity index is 1.57. The van der Waals surface area contributed by atoms with Gasteiger partial charge in [0, 0.05) is 23.7 Å². The van der Waals surface area contributed by atoms with Crippen LogP contribution in [0.15, 0.2) is 58.3 Å². The quantitative estimate of drug-likeness (QED) is 0.642. The van der Waals surface area contributed by atoms with Crippen LogP contribution in [-0.2, 0) is 14.8 Å². The lowest BCUT2D eigenvalue weighted by Crippen LogP contribution is -2.38. The molecule has 0 heterocycles. The van der Waals surface area contributed by atoms with Gasteiger partial charge >= 0.3 is 0 Å². The first-order chi connectivity index (χ1) is 13.9. The summed E-state index contributed by atoms with van der Waals surface area (Å²) < 4.78 is 27.2. The molecule has 0 radical (unpaired) electrons. The number of phenols is 1. The van der Waals surface area contributed by atoms with E-state index in [9.17, 15) is 18.3 Å². The van der Waals surface area contributed by atoms with Crippen LogP contribution in [0.5, 0.6) is 5.75 Å². The van der Waals surface area contributed by atoms with Crippen LogP contribution >= 0.6 is 11.8 Å². The fraction of sp³-hybridized carbons (Fsp3) is 0.381. The van der Waals surface area contributed by atoms with Crippen LogP contribution in [0, 0.1) is 0 Å². The van der Waals surface area contributed by atoms with Crippen molar-refractivity contribution in [3.63, 3.8) is 0 Å². The Morgan fingerprint density at radius 1 is 1.07 bits per heavy atom. The fourth-order valence-electron chi connectivity index (χ4n) is 3.41. The Labute approximate surface area is 176 Å². The monoisotopic (exact) mass is 434 g/mol. The number of nitrogens with zero attached hydrogens (tertiary/aromatic N) is 1. The Kier molecular flexibility index (Phi) is 7.21. The molecule has 3 rings (SSSR count). The summed E-state index contributed by atoms with van der Waals surface area (Å²) in [5.41, 5.74) is 0.556. The summed E-state index contributed by atoms with van der Waals surface area (Å²) in [5, 5.41) is 12.1. The highest BCUT2D eigenvalue weighted by molar-refractivity contribution is 8.00. The molecule has 1 amide bonds. The van der Waals surface area contributed by atoms with Gasteiger partial charge in [-0.2, -0.15) is 4.31 Å². The Morgan fingerprint density at radius 3 is 2.31 bits per heavy atom. The van der Waals surface area contributed by atoms with E-state index in [1.807, 2.05) is 0 Å². The largest absolute Gasteiger partial charge is 0.508 e. The number of benzene rings is 2. The molecule has 2 aromatic carbocycles. The molecule has 1 saturated carbocycles. The van der Waals surface area contributed by atoms with Crippen molar-refractivity contribution in [3.05, 3.63) is 48.5 Å². The number of hydrogen-bond acceptors (Lipinski definition) is 5. The van der Waals surface area contributed by atoms with Crippen molar-refractivity contribution in [1.29, 1.82) is 0 Å². The topological polar surface area (TPSA) is 86.7 Å². The predicted molar refractivity (Wildman–Crippen MR) is 116 cm³/mol. The molecule has 156 valence electrons. The van der Waals surface area contributed by atoms with Crippen LogP contribution in [-0.4, -0.2) is 42.6 Å². The number of phenolic OH excluding ortho intramolecular Hbond substituents is 1. The van der Waals surface area contributed by atoms with Crippen molar-refractivity contribution < 1.29 is 18.3 Å². The highest BCUT2D eigenvalue weighted by Crippen LogP contribution is 2.27. The number of carbonyl (C=O) groups is 1. The first-order valence-electron chi connectivity index (χ1n) is 9.66. The number of anilines is 1. The predicted octanol–water partition coefficient (Wildman–Crippen LogP) is 4.08. The second kappa shape index (κ2) is 9.65. The molecule has 1 aliphatic rings. The van der Waals surface area contributed by atoms with Crippen molar-refractivity contribution in [1.82, 2.24) is 4.31 Å². The van der Waals surface area contributed by atoms with Crippen molar-refractivity contribution in [2.24, 2.45) is 0 Å². The molecule has 8 heteroatoms. The fourth-order valence-corrected chi connectivity index (χ4v) is 5.52. The normalized spacial score (nSPS) is 15.4. The van der Waals surface area contributed by atoms with E-state index in [0.29, 0.717) is 5.69 Å². The molecule has 29 heavy (non-hydrogen) atoms. The molecular formula is C21H26N2O4S2. The number of aromatic hydroxyl groups is 1. The number of hydrogen-bond donors (Lipinski definition) is 2. The van der Waals surface area contributed by atoms with Gasteiger partial charge in [-0.05, 0) is 61.4 Å². The van der Waals surface area contributed by atoms with E-state index in [0.717, 1.165) is 30.6 Å². The minimum absolute atomic E-state index is 0.0602. The first-order valence-corrected chi connectivity index (χ1v) is 12.1. The van der Waals surface area contributed by atoms with Gasteiger partial charge in [0.25, 0.3) is 0 Å². The van der Waals surface area contributed by atoms with E-state index >= 15 is 0 Å². The summed E-state index contributed by atoms with van der Waals surface area (Å²) in [4.78, 5) is 13.3. The third-order valence-electron chi connectivity index (χ3n) is 5.11. The molecule has 0 atom stereocenters. The average molecular weight is 435 g/mol. The molecule has 2 N–H and O–H groups in total. The van der Waals surface area contributed by atoms with Crippen molar-refractivity contribution in [3.8, 4) is 5.75 Å². The molecular weight excluding hydrogens is 408 g/mol. The van der Waals surface area contributed by atoms with Gasteiger partial charge in [-0.3, -0.25) is 4.79 Å². The van der Waals surface area contributed by atoms with Gasteiger partial charge < -0.3 is 10.4 Å². The lowest BCUT2D eigenvalue weighted by atomic mass is 9.96. The summed E-state index contributed by atoms with van der Waals surface area (Å²) in [6.45, 7) is 0. The van der Waals surface area contributed by atoms with Crippen LogP contribution in [0.1, 0.15) is 32.1 Å². The van der Waals surface area contributed by atoms with Crippen LogP contribution in [0.25, 0.3) is 0 Å². The highest BCUT2D eigenvalue weighted by Gasteiger charge is 2.28. The van der Waals surface area contributed by atoms with Gasteiger partial charge in [0.15, 0.2) is 0 Å². The molecule has 0 unspecified atom stereocenters. The zero-order valence-electron chi connectivity index (χ0n) is 16.4. The standard InChI is InChI=1S/C21H26N2O4S2/c1-23(17-5-3-2-4-6-17)29(26,27)20-13-7-16(8-14-20)22-21(25)15-28-19-11-9-18(24)10-12-19/h7-14,17,24H,2-6,15H2,1H3,(H,22,25). The van der Waals surface area contributed by atoms with Gasteiger partial charge in [-0.15, -0.1) is 11.8 Å². The summed E-state index contributed by atoms with van der Waals surface area (Å²) in [6.07, 6.45) is 5.12. The molecule has 1 fully saturated rings. The molecule has 2 aromatic rings. The van der Waals surface area contributed by atoms with Crippen molar-refractivity contribution in [2.45, 2.75) is 47.9 Å². The van der Waals surface area contributed by atoms with Crippen LogP contribution in [0.4, 0.5) is 5.69 Å². The molecule has 0 spiro atoms. The summed E-state index contributed by atoms with van der Waals surface area (Å²) in [7, 11) is -1.88. The Morgan fingerprint density at radius 2 is 1.69 bits per heavy atom. The minimum Gasteiger partial charge on any atom is -0.508 e. The van der Waals surface area contributed by atoms with Crippen molar-refractivity contribution in [2.75, 3.05) is 18.1 Å². The minimum atomic E-state index is -3.54.